The minimum atomic E-state index is -0.0562. The van der Waals surface area contributed by atoms with Gasteiger partial charge in [0.15, 0.2) is 0 Å². The highest BCUT2D eigenvalue weighted by molar-refractivity contribution is 4.81. The highest BCUT2D eigenvalue weighted by Crippen LogP contribution is 2.34. The van der Waals surface area contributed by atoms with Crippen LogP contribution < -0.4 is 0 Å². The fraction of sp³-hybridized carbons (Fsp3) is 1.00. The molecule has 0 spiro atoms. The molecule has 0 aromatic carbocycles. The molecule has 2 atom stereocenters. The predicted octanol–water partition coefficient (Wildman–Crippen LogP) is 5.30. The van der Waals surface area contributed by atoms with E-state index in [-0.39, 0.29) is 5.41 Å². The molecule has 4 nitrogen and oxygen atoms in total. The van der Waals surface area contributed by atoms with Gasteiger partial charge in [0, 0.05) is 0 Å². The molecule has 4 heteroatoms. The summed E-state index contributed by atoms with van der Waals surface area (Å²) in [5.74, 6) is 0.313. The fourth-order valence-corrected chi connectivity index (χ4v) is 2.75. The van der Waals surface area contributed by atoms with E-state index in [1.54, 1.807) is 0 Å². The molecule has 0 aromatic heterocycles. The van der Waals surface area contributed by atoms with Crippen LogP contribution in [0.4, 0.5) is 0 Å². The van der Waals surface area contributed by atoms with E-state index in [4.69, 9.17) is 0 Å². The average Bonchev–Trinajstić information content (AvgIpc) is 2.37. The second-order valence-electron chi connectivity index (χ2n) is 6.08. The van der Waals surface area contributed by atoms with Crippen LogP contribution in [-0.4, -0.2) is 13.1 Å². The van der Waals surface area contributed by atoms with E-state index in [0.717, 1.165) is 38.5 Å². The monoisotopic (exact) mass is 270 g/mol. The summed E-state index contributed by atoms with van der Waals surface area (Å²) in [4.78, 5) is 21.2. The summed E-state index contributed by atoms with van der Waals surface area (Å²) >= 11 is 0. The molecule has 0 aliphatic carbocycles. The van der Waals surface area contributed by atoms with E-state index in [2.05, 4.69) is 31.1 Å². The summed E-state index contributed by atoms with van der Waals surface area (Å²) in [6, 6.07) is 0. The second-order valence-corrected chi connectivity index (χ2v) is 6.08. The molecule has 19 heavy (non-hydrogen) atoms. The molecule has 0 rings (SSSR count). The first-order valence-electron chi connectivity index (χ1n) is 7.70. The van der Waals surface area contributed by atoms with Crippen LogP contribution in [0, 0.1) is 21.1 Å². The van der Waals surface area contributed by atoms with Gasteiger partial charge in [0.1, 0.15) is 0 Å². The molecule has 112 valence electrons. The van der Waals surface area contributed by atoms with Crippen LogP contribution in [0.5, 0.6) is 0 Å². The Bertz CT molecular complexity index is 246. The molecule has 0 radical (unpaired) electrons. The minimum Gasteiger partial charge on any atom is -0.151 e. The van der Waals surface area contributed by atoms with Gasteiger partial charge in [-0.3, -0.25) is 0 Å². The molecule has 0 aliphatic rings. The average molecular weight is 270 g/mol. The first kappa shape index (κ1) is 18.2. The maximum atomic E-state index is 10.6. The van der Waals surface area contributed by atoms with Crippen LogP contribution in [-0.2, 0) is 0 Å². The third-order valence-corrected chi connectivity index (χ3v) is 3.91. The van der Waals surface area contributed by atoms with Crippen molar-refractivity contribution < 1.29 is 0 Å². The van der Waals surface area contributed by atoms with E-state index in [1.807, 2.05) is 0 Å². The van der Waals surface area contributed by atoms with Crippen molar-refractivity contribution in [3.05, 3.63) is 9.81 Å². The van der Waals surface area contributed by atoms with Crippen molar-refractivity contribution in [1.29, 1.82) is 0 Å². The molecule has 0 N–H and O–H groups in total. The van der Waals surface area contributed by atoms with Gasteiger partial charge in [-0.05, 0) is 30.6 Å². The van der Waals surface area contributed by atoms with Crippen molar-refractivity contribution in [3.8, 4) is 0 Å². The Morgan fingerprint density at radius 3 is 2.21 bits per heavy atom. The standard InChI is InChI=1S/C15H30N2O2/c1-4-6-8-9-14(12-16-18)11-15(3,13-17-19)10-7-5-2/h14H,4-13H2,1-3H3/t14?,15-/m1/s1. The van der Waals surface area contributed by atoms with Crippen molar-refractivity contribution in [1.82, 2.24) is 0 Å². The van der Waals surface area contributed by atoms with E-state index in [9.17, 15) is 9.81 Å². The number of rotatable bonds is 13. The Morgan fingerprint density at radius 2 is 1.68 bits per heavy atom. The predicted molar refractivity (Wildman–Crippen MR) is 81.2 cm³/mol. The molecule has 1 unspecified atom stereocenters. The highest BCUT2D eigenvalue weighted by atomic mass is 16.3. The summed E-state index contributed by atoms with van der Waals surface area (Å²) in [5, 5.41) is 6.19. The maximum absolute atomic E-state index is 10.6. The summed E-state index contributed by atoms with van der Waals surface area (Å²) in [6.45, 7) is 7.19. The molecule has 0 heterocycles. The molecule has 0 saturated carbocycles. The third-order valence-electron chi connectivity index (χ3n) is 3.91. The van der Waals surface area contributed by atoms with E-state index in [0.29, 0.717) is 19.0 Å². The van der Waals surface area contributed by atoms with Gasteiger partial charge in [-0.1, -0.05) is 63.2 Å². The first-order chi connectivity index (χ1) is 9.11. The van der Waals surface area contributed by atoms with Gasteiger partial charge in [-0.25, -0.2) is 0 Å². The maximum Gasteiger partial charge on any atom is 0.0864 e. The van der Waals surface area contributed by atoms with Crippen LogP contribution >= 0.6 is 0 Å². The smallest absolute Gasteiger partial charge is 0.0864 e. The molecular weight excluding hydrogens is 240 g/mol. The summed E-state index contributed by atoms with van der Waals surface area (Å²) < 4.78 is 0. The van der Waals surface area contributed by atoms with Crippen LogP contribution in [0.1, 0.15) is 72.1 Å². The van der Waals surface area contributed by atoms with E-state index in [1.165, 1.54) is 12.8 Å². The normalized spacial score (nSPS) is 15.7. The highest BCUT2D eigenvalue weighted by Gasteiger charge is 2.28. The molecular formula is C15H30N2O2. The fourth-order valence-electron chi connectivity index (χ4n) is 2.75. The number of nitroso groups, excluding NO2 is 2. The first-order valence-corrected chi connectivity index (χ1v) is 7.70. The number of hydrogen-bond donors (Lipinski definition) is 0. The second kappa shape index (κ2) is 11.1. The Hall–Kier alpha value is -0.800. The van der Waals surface area contributed by atoms with E-state index >= 15 is 0 Å². The van der Waals surface area contributed by atoms with Gasteiger partial charge in [0.05, 0.1) is 13.1 Å². The molecule has 0 aromatic rings. The zero-order valence-electron chi connectivity index (χ0n) is 12.9. The zero-order valence-corrected chi connectivity index (χ0v) is 12.9. The van der Waals surface area contributed by atoms with Gasteiger partial charge in [-0.2, -0.15) is 9.81 Å². The molecule has 0 bridgehead atoms. The summed E-state index contributed by atoms with van der Waals surface area (Å²) in [6.07, 6.45) is 8.72. The van der Waals surface area contributed by atoms with Gasteiger partial charge >= 0.3 is 0 Å². The summed E-state index contributed by atoms with van der Waals surface area (Å²) in [7, 11) is 0. The lowest BCUT2D eigenvalue weighted by atomic mass is 9.76. The van der Waals surface area contributed by atoms with E-state index < -0.39 is 0 Å². The van der Waals surface area contributed by atoms with Crippen LogP contribution in [0.2, 0.25) is 0 Å². The number of unbranched alkanes of at least 4 members (excludes halogenated alkanes) is 3. The molecule has 0 saturated heterocycles. The van der Waals surface area contributed by atoms with Gasteiger partial charge < -0.3 is 0 Å². The van der Waals surface area contributed by atoms with Crippen molar-refractivity contribution in [2.75, 3.05) is 13.1 Å². The Kier molecular flexibility index (Phi) is 10.6. The molecule has 0 amide bonds. The Balaban J connectivity index is 4.43. The molecule has 0 fully saturated rings. The van der Waals surface area contributed by atoms with Crippen molar-refractivity contribution in [2.45, 2.75) is 72.1 Å². The van der Waals surface area contributed by atoms with Crippen LogP contribution in [0.3, 0.4) is 0 Å². The largest absolute Gasteiger partial charge is 0.151 e. The van der Waals surface area contributed by atoms with Gasteiger partial charge in [-0.15, -0.1) is 0 Å². The quantitative estimate of drug-likeness (QED) is 0.336. The minimum absolute atomic E-state index is 0.0562. The molecule has 0 aliphatic heterocycles. The zero-order chi connectivity index (χ0) is 14.6. The van der Waals surface area contributed by atoms with Crippen LogP contribution in [0.25, 0.3) is 0 Å². The lowest BCUT2D eigenvalue weighted by Gasteiger charge is -2.30. The SMILES string of the molecule is CCCCCC(CN=O)C[C@@](C)(CCCC)CN=O. The number of nitrogens with zero attached hydrogens (tertiary/aromatic N) is 2. The lowest BCUT2D eigenvalue weighted by Crippen LogP contribution is -2.25. The Labute approximate surface area is 117 Å². The number of hydrogen-bond acceptors (Lipinski definition) is 4. The Morgan fingerprint density at radius 1 is 1.00 bits per heavy atom. The topological polar surface area (TPSA) is 58.9 Å². The van der Waals surface area contributed by atoms with Gasteiger partial charge in [0.2, 0.25) is 0 Å². The third kappa shape index (κ3) is 8.84. The van der Waals surface area contributed by atoms with Gasteiger partial charge in [0.25, 0.3) is 0 Å². The van der Waals surface area contributed by atoms with Crippen molar-refractivity contribution in [3.63, 3.8) is 0 Å². The summed E-state index contributed by atoms with van der Waals surface area (Å²) in [5.41, 5.74) is -0.0562. The van der Waals surface area contributed by atoms with Crippen LogP contribution in [0.15, 0.2) is 10.4 Å². The van der Waals surface area contributed by atoms with Crippen molar-refractivity contribution in [2.24, 2.45) is 21.7 Å². The lowest BCUT2D eigenvalue weighted by molar-refractivity contribution is 0.217. The van der Waals surface area contributed by atoms with Crippen molar-refractivity contribution >= 4 is 0 Å².